The highest BCUT2D eigenvalue weighted by Gasteiger charge is 2.29. The monoisotopic (exact) mass is 198 g/mol. The predicted octanol–water partition coefficient (Wildman–Crippen LogP) is 1.15. The number of hydrogen-bond donors (Lipinski definition) is 2. The first-order valence-corrected chi connectivity index (χ1v) is 5.68. The van der Waals surface area contributed by atoms with Crippen LogP contribution >= 0.6 is 0 Å². The molecule has 14 heavy (non-hydrogen) atoms. The molecule has 1 amide bonds. The molecular weight excluding hydrogens is 176 g/mol. The average molecular weight is 198 g/mol. The van der Waals surface area contributed by atoms with Gasteiger partial charge in [0.05, 0.1) is 0 Å². The van der Waals surface area contributed by atoms with Crippen LogP contribution in [0.5, 0.6) is 0 Å². The molecule has 2 atom stereocenters. The van der Waals surface area contributed by atoms with Crippen LogP contribution < -0.4 is 10.6 Å². The minimum Gasteiger partial charge on any atom is -0.356 e. The Balaban J connectivity index is 2.14. The molecule has 3 heteroatoms. The van der Waals surface area contributed by atoms with E-state index in [-0.39, 0.29) is 11.8 Å². The van der Waals surface area contributed by atoms with Gasteiger partial charge in [0.1, 0.15) is 0 Å². The van der Waals surface area contributed by atoms with E-state index in [9.17, 15) is 4.79 Å². The Morgan fingerprint density at radius 3 is 2.71 bits per heavy atom. The van der Waals surface area contributed by atoms with Crippen molar-refractivity contribution in [3.05, 3.63) is 0 Å². The van der Waals surface area contributed by atoms with Crippen molar-refractivity contribution in [3.8, 4) is 0 Å². The first kappa shape index (κ1) is 11.5. The Morgan fingerprint density at radius 2 is 2.14 bits per heavy atom. The number of amides is 1. The molecule has 2 N–H and O–H groups in total. The molecule has 0 aliphatic heterocycles. The third-order valence-electron chi connectivity index (χ3n) is 3.10. The maximum absolute atomic E-state index is 11.7. The zero-order chi connectivity index (χ0) is 10.4. The van der Waals surface area contributed by atoms with Crippen LogP contribution in [0.15, 0.2) is 0 Å². The van der Waals surface area contributed by atoms with E-state index in [1.807, 2.05) is 7.05 Å². The molecule has 0 aromatic rings. The summed E-state index contributed by atoms with van der Waals surface area (Å²) in [6, 6.07) is 0. The molecule has 0 saturated heterocycles. The molecule has 0 spiro atoms. The van der Waals surface area contributed by atoms with E-state index in [4.69, 9.17) is 0 Å². The Hall–Kier alpha value is -0.570. The van der Waals surface area contributed by atoms with Gasteiger partial charge in [0, 0.05) is 12.5 Å². The number of rotatable bonds is 5. The van der Waals surface area contributed by atoms with E-state index >= 15 is 0 Å². The highest BCUT2D eigenvalue weighted by Crippen LogP contribution is 2.30. The van der Waals surface area contributed by atoms with Crippen molar-refractivity contribution >= 4 is 5.91 Å². The molecular formula is C11H22N2O. The van der Waals surface area contributed by atoms with Gasteiger partial charge in [-0.15, -0.1) is 0 Å². The molecule has 2 unspecified atom stereocenters. The van der Waals surface area contributed by atoms with Gasteiger partial charge < -0.3 is 10.6 Å². The SMILES string of the molecule is CNCCCNC(=O)C1CCCC1C. The normalized spacial score (nSPS) is 26.4. The van der Waals surface area contributed by atoms with Crippen molar-refractivity contribution in [1.82, 2.24) is 10.6 Å². The summed E-state index contributed by atoms with van der Waals surface area (Å²) in [6.07, 6.45) is 4.53. The zero-order valence-electron chi connectivity index (χ0n) is 9.31. The first-order chi connectivity index (χ1) is 6.75. The fraction of sp³-hybridized carbons (Fsp3) is 0.909. The summed E-state index contributed by atoms with van der Waals surface area (Å²) in [5.74, 6) is 1.13. The lowest BCUT2D eigenvalue weighted by molar-refractivity contribution is -0.125. The fourth-order valence-corrected chi connectivity index (χ4v) is 2.14. The topological polar surface area (TPSA) is 41.1 Å². The van der Waals surface area contributed by atoms with Crippen LogP contribution in [0, 0.1) is 11.8 Å². The third kappa shape index (κ3) is 3.29. The summed E-state index contributed by atoms with van der Waals surface area (Å²) in [4.78, 5) is 11.7. The summed E-state index contributed by atoms with van der Waals surface area (Å²) in [5.41, 5.74) is 0. The second-order valence-electron chi connectivity index (χ2n) is 4.26. The molecule has 0 aromatic heterocycles. The number of carbonyl (C=O) groups is 1. The largest absolute Gasteiger partial charge is 0.356 e. The highest BCUT2D eigenvalue weighted by atomic mass is 16.1. The summed E-state index contributed by atoms with van der Waals surface area (Å²) in [6.45, 7) is 3.97. The van der Waals surface area contributed by atoms with Gasteiger partial charge in [0.2, 0.25) is 5.91 Å². The van der Waals surface area contributed by atoms with Crippen molar-refractivity contribution < 1.29 is 4.79 Å². The predicted molar refractivity (Wildman–Crippen MR) is 58.1 cm³/mol. The van der Waals surface area contributed by atoms with Gasteiger partial charge in [-0.3, -0.25) is 4.79 Å². The molecule has 0 bridgehead atoms. The Kier molecular flexibility index (Phi) is 4.94. The molecule has 3 nitrogen and oxygen atoms in total. The fourth-order valence-electron chi connectivity index (χ4n) is 2.14. The quantitative estimate of drug-likeness (QED) is 0.651. The lowest BCUT2D eigenvalue weighted by atomic mass is 9.97. The van der Waals surface area contributed by atoms with Crippen LogP contribution in [0.2, 0.25) is 0 Å². The number of nitrogens with one attached hydrogen (secondary N) is 2. The van der Waals surface area contributed by atoms with Crippen molar-refractivity contribution in [1.29, 1.82) is 0 Å². The van der Waals surface area contributed by atoms with Gasteiger partial charge in [0.15, 0.2) is 0 Å². The lowest BCUT2D eigenvalue weighted by Crippen LogP contribution is -2.33. The van der Waals surface area contributed by atoms with Crippen molar-refractivity contribution in [2.45, 2.75) is 32.6 Å². The van der Waals surface area contributed by atoms with Crippen molar-refractivity contribution in [2.75, 3.05) is 20.1 Å². The molecule has 82 valence electrons. The minimum absolute atomic E-state index is 0.270. The van der Waals surface area contributed by atoms with Crippen LogP contribution in [0.25, 0.3) is 0 Å². The van der Waals surface area contributed by atoms with Crippen LogP contribution in [0.1, 0.15) is 32.6 Å². The summed E-state index contributed by atoms with van der Waals surface area (Å²) in [7, 11) is 1.93. The van der Waals surface area contributed by atoms with E-state index < -0.39 is 0 Å². The number of hydrogen-bond acceptors (Lipinski definition) is 2. The van der Waals surface area contributed by atoms with Gasteiger partial charge in [-0.1, -0.05) is 13.3 Å². The molecule has 0 aromatic carbocycles. The summed E-state index contributed by atoms with van der Waals surface area (Å²) in [5, 5.41) is 6.08. The maximum atomic E-state index is 11.7. The van der Waals surface area contributed by atoms with E-state index in [1.165, 1.54) is 12.8 Å². The van der Waals surface area contributed by atoms with Gasteiger partial charge in [-0.25, -0.2) is 0 Å². The van der Waals surface area contributed by atoms with Gasteiger partial charge in [-0.2, -0.15) is 0 Å². The Morgan fingerprint density at radius 1 is 1.36 bits per heavy atom. The van der Waals surface area contributed by atoms with E-state index in [2.05, 4.69) is 17.6 Å². The lowest BCUT2D eigenvalue weighted by Gasteiger charge is -2.14. The Labute approximate surface area is 86.6 Å². The number of carbonyl (C=O) groups excluding carboxylic acids is 1. The molecule has 1 fully saturated rings. The summed E-state index contributed by atoms with van der Waals surface area (Å²) < 4.78 is 0. The average Bonchev–Trinajstić information content (AvgIpc) is 2.59. The van der Waals surface area contributed by atoms with Crippen LogP contribution in [0.4, 0.5) is 0 Å². The van der Waals surface area contributed by atoms with E-state index in [0.717, 1.165) is 25.9 Å². The minimum atomic E-state index is 0.270. The zero-order valence-corrected chi connectivity index (χ0v) is 9.31. The highest BCUT2D eigenvalue weighted by molar-refractivity contribution is 5.79. The second-order valence-corrected chi connectivity index (χ2v) is 4.26. The van der Waals surface area contributed by atoms with Crippen LogP contribution in [-0.2, 0) is 4.79 Å². The van der Waals surface area contributed by atoms with Crippen LogP contribution in [0.3, 0.4) is 0 Å². The molecule has 1 aliphatic carbocycles. The van der Waals surface area contributed by atoms with Crippen molar-refractivity contribution in [3.63, 3.8) is 0 Å². The smallest absolute Gasteiger partial charge is 0.223 e. The summed E-state index contributed by atoms with van der Waals surface area (Å²) >= 11 is 0. The third-order valence-corrected chi connectivity index (χ3v) is 3.10. The van der Waals surface area contributed by atoms with Gasteiger partial charge >= 0.3 is 0 Å². The van der Waals surface area contributed by atoms with E-state index in [0.29, 0.717) is 5.92 Å². The van der Waals surface area contributed by atoms with E-state index in [1.54, 1.807) is 0 Å². The molecule has 0 radical (unpaired) electrons. The first-order valence-electron chi connectivity index (χ1n) is 5.68. The molecule has 1 saturated carbocycles. The van der Waals surface area contributed by atoms with Gasteiger partial charge in [-0.05, 0) is 38.8 Å². The standard InChI is InChI=1S/C11H22N2O/c1-9-5-3-6-10(9)11(14)13-8-4-7-12-2/h9-10,12H,3-8H2,1-2H3,(H,13,14). The van der Waals surface area contributed by atoms with Crippen LogP contribution in [-0.4, -0.2) is 26.0 Å². The maximum Gasteiger partial charge on any atom is 0.223 e. The van der Waals surface area contributed by atoms with Gasteiger partial charge in [0.25, 0.3) is 0 Å². The molecule has 1 rings (SSSR count). The molecule has 0 heterocycles. The molecule has 1 aliphatic rings. The Bertz CT molecular complexity index is 182. The second kappa shape index (κ2) is 6.02. The van der Waals surface area contributed by atoms with Crippen molar-refractivity contribution in [2.24, 2.45) is 11.8 Å².